The van der Waals surface area contributed by atoms with E-state index in [1.54, 1.807) is 17.1 Å². The number of nitrogens with zero attached hydrogens (tertiary/aromatic N) is 3. The van der Waals surface area contributed by atoms with E-state index in [2.05, 4.69) is 15.6 Å². The number of aryl methyl sites for hydroxylation is 1. The number of hydrogen-bond donors (Lipinski definition) is 2. The van der Waals surface area contributed by atoms with Gasteiger partial charge in [-0.25, -0.2) is 0 Å². The predicted molar refractivity (Wildman–Crippen MR) is 63.2 cm³/mol. The quantitative estimate of drug-likeness (QED) is 0.610. The summed E-state index contributed by atoms with van der Waals surface area (Å²) in [7, 11) is 0. The van der Waals surface area contributed by atoms with Crippen molar-refractivity contribution in [1.82, 2.24) is 20.3 Å². The fraction of sp³-hybridized carbons (Fsp3) is 0.727. The van der Waals surface area contributed by atoms with Gasteiger partial charge < -0.3 is 10.4 Å². The van der Waals surface area contributed by atoms with Gasteiger partial charge in [0.15, 0.2) is 0 Å². The lowest BCUT2D eigenvalue weighted by atomic mass is 10.2. The zero-order valence-corrected chi connectivity index (χ0v) is 10.0. The Morgan fingerprint density at radius 2 is 2.12 bits per heavy atom. The highest BCUT2D eigenvalue weighted by atomic mass is 16.2. The van der Waals surface area contributed by atoms with Crippen molar-refractivity contribution in [3.8, 4) is 0 Å². The van der Waals surface area contributed by atoms with E-state index in [1.807, 2.05) is 0 Å². The fourth-order valence-electron chi connectivity index (χ4n) is 1.47. The molecule has 17 heavy (non-hydrogen) atoms. The molecule has 0 saturated heterocycles. The molecular formula is C11H20N4O2. The summed E-state index contributed by atoms with van der Waals surface area (Å²) in [6.07, 6.45) is 7.64. The number of unbranched alkanes of at least 4 members (excludes halogenated alkanes) is 3. The molecule has 1 aromatic heterocycles. The molecule has 0 aliphatic rings. The SMILES string of the molecule is O=C(CCn1ccnn1)NCCCCCCO. The van der Waals surface area contributed by atoms with Gasteiger partial charge in [-0.1, -0.05) is 18.1 Å². The highest BCUT2D eigenvalue weighted by molar-refractivity contribution is 5.75. The van der Waals surface area contributed by atoms with Gasteiger partial charge in [0.1, 0.15) is 0 Å². The zero-order valence-electron chi connectivity index (χ0n) is 10.0. The standard InChI is InChI=1S/C11H20N4O2/c16-10-4-2-1-3-6-12-11(17)5-8-15-9-7-13-14-15/h7,9,16H,1-6,8,10H2,(H,12,17). The highest BCUT2D eigenvalue weighted by Crippen LogP contribution is 1.97. The maximum absolute atomic E-state index is 11.4. The van der Waals surface area contributed by atoms with Crippen LogP contribution in [0.25, 0.3) is 0 Å². The Hall–Kier alpha value is -1.43. The van der Waals surface area contributed by atoms with E-state index in [9.17, 15) is 4.79 Å². The number of hydrogen-bond acceptors (Lipinski definition) is 4. The molecule has 1 aromatic rings. The minimum absolute atomic E-state index is 0.0441. The van der Waals surface area contributed by atoms with Gasteiger partial charge in [0, 0.05) is 25.8 Å². The monoisotopic (exact) mass is 240 g/mol. The molecule has 6 heteroatoms. The molecule has 0 unspecified atom stereocenters. The van der Waals surface area contributed by atoms with Crippen LogP contribution in [0.3, 0.4) is 0 Å². The Balaban J connectivity index is 1.94. The maximum Gasteiger partial charge on any atom is 0.221 e. The van der Waals surface area contributed by atoms with E-state index in [1.165, 1.54) is 0 Å². The number of amides is 1. The van der Waals surface area contributed by atoms with Gasteiger partial charge in [0.25, 0.3) is 0 Å². The van der Waals surface area contributed by atoms with E-state index in [4.69, 9.17) is 5.11 Å². The molecule has 0 bridgehead atoms. The molecule has 0 aliphatic heterocycles. The number of carbonyl (C=O) groups excluding carboxylic acids is 1. The summed E-state index contributed by atoms with van der Waals surface area (Å²) in [4.78, 5) is 11.4. The lowest BCUT2D eigenvalue weighted by Crippen LogP contribution is -2.25. The highest BCUT2D eigenvalue weighted by Gasteiger charge is 2.01. The third-order valence-corrected chi connectivity index (χ3v) is 2.45. The summed E-state index contributed by atoms with van der Waals surface area (Å²) in [5.74, 6) is 0.0441. The molecule has 0 saturated carbocycles. The molecule has 0 fully saturated rings. The average Bonchev–Trinajstić information content (AvgIpc) is 2.84. The molecule has 2 N–H and O–H groups in total. The second-order valence-corrected chi connectivity index (χ2v) is 3.90. The first-order valence-electron chi connectivity index (χ1n) is 6.04. The van der Waals surface area contributed by atoms with Crippen LogP contribution < -0.4 is 5.32 Å². The van der Waals surface area contributed by atoms with Crippen molar-refractivity contribution < 1.29 is 9.90 Å². The molecule has 0 radical (unpaired) electrons. The van der Waals surface area contributed by atoms with Gasteiger partial charge in [-0.3, -0.25) is 9.48 Å². The van der Waals surface area contributed by atoms with Gasteiger partial charge in [0.05, 0.1) is 12.7 Å². The Labute approximate surface area is 101 Å². The van der Waals surface area contributed by atoms with Crippen LogP contribution in [-0.2, 0) is 11.3 Å². The lowest BCUT2D eigenvalue weighted by molar-refractivity contribution is -0.121. The van der Waals surface area contributed by atoms with E-state index in [0.717, 1.165) is 25.7 Å². The first-order valence-corrected chi connectivity index (χ1v) is 6.04. The van der Waals surface area contributed by atoms with Gasteiger partial charge in [-0.15, -0.1) is 5.10 Å². The molecule has 6 nitrogen and oxygen atoms in total. The van der Waals surface area contributed by atoms with Crippen LogP contribution in [0.15, 0.2) is 12.4 Å². The average molecular weight is 240 g/mol. The van der Waals surface area contributed by atoms with Crippen molar-refractivity contribution in [3.63, 3.8) is 0 Å². The van der Waals surface area contributed by atoms with E-state index in [0.29, 0.717) is 19.5 Å². The predicted octanol–water partition coefficient (Wildman–Crippen LogP) is 0.337. The minimum atomic E-state index is 0.0441. The number of aliphatic hydroxyl groups excluding tert-OH is 1. The summed E-state index contributed by atoms with van der Waals surface area (Å²) in [5.41, 5.74) is 0. The van der Waals surface area contributed by atoms with Crippen molar-refractivity contribution in [2.45, 2.75) is 38.6 Å². The van der Waals surface area contributed by atoms with Crippen LogP contribution in [0.4, 0.5) is 0 Å². The minimum Gasteiger partial charge on any atom is -0.396 e. The summed E-state index contributed by atoms with van der Waals surface area (Å²) >= 11 is 0. The Morgan fingerprint density at radius 1 is 1.29 bits per heavy atom. The number of aliphatic hydroxyl groups is 1. The third kappa shape index (κ3) is 6.68. The Morgan fingerprint density at radius 3 is 2.82 bits per heavy atom. The lowest BCUT2D eigenvalue weighted by Gasteiger charge is -2.04. The van der Waals surface area contributed by atoms with Gasteiger partial charge in [0.2, 0.25) is 5.91 Å². The van der Waals surface area contributed by atoms with Crippen molar-refractivity contribution >= 4 is 5.91 Å². The molecular weight excluding hydrogens is 220 g/mol. The summed E-state index contributed by atoms with van der Waals surface area (Å²) in [5, 5.41) is 18.9. The van der Waals surface area contributed by atoms with E-state index < -0.39 is 0 Å². The fourth-order valence-corrected chi connectivity index (χ4v) is 1.47. The largest absolute Gasteiger partial charge is 0.396 e. The molecule has 96 valence electrons. The van der Waals surface area contributed by atoms with Crippen LogP contribution in [0.1, 0.15) is 32.1 Å². The van der Waals surface area contributed by atoms with Crippen molar-refractivity contribution in [2.24, 2.45) is 0 Å². The second kappa shape index (κ2) is 8.69. The van der Waals surface area contributed by atoms with Crippen LogP contribution in [0.2, 0.25) is 0 Å². The van der Waals surface area contributed by atoms with E-state index in [-0.39, 0.29) is 12.5 Å². The molecule has 1 heterocycles. The van der Waals surface area contributed by atoms with Crippen molar-refractivity contribution in [1.29, 1.82) is 0 Å². The Kier molecular flexibility index (Phi) is 6.97. The topological polar surface area (TPSA) is 80.0 Å². The smallest absolute Gasteiger partial charge is 0.221 e. The number of nitrogens with one attached hydrogen (secondary N) is 1. The molecule has 1 amide bonds. The third-order valence-electron chi connectivity index (χ3n) is 2.45. The van der Waals surface area contributed by atoms with Crippen LogP contribution in [0.5, 0.6) is 0 Å². The number of rotatable bonds is 9. The number of carbonyl (C=O) groups is 1. The summed E-state index contributed by atoms with van der Waals surface area (Å²) in [6, 6.07) is 0. The zero-order chi connectivity index (χ0) is 12.3. The second-order valence-electron chi connectivity index (χ2n) is 3.90. The van der Waals surface area contributed by atoms with Gasteiger partial charge in [-0.05, 0) is 12.8 Å². The molecule has 0 spiro atoms. The maximum atomic E-state index is 11.4. The Bertz CT molecular complexity index is 300. The normalized spacial score (nSPS) is 10.4. The van der Waals surface area contributed by atoms with Gasteiger partial charge >= 0.3 is 0 Å². The van der Waals surface area contributed by atoms with Crippen LogP contribution in [0, 0.1) is 0 Å². The first-order chi connectivity index (χ1) is 8.33. The van der Waals surface area contributed by atoms with Crippen molar-refractivity contribution in [3.05, 3.63) is 12.4 Å². The van der Waals surface area contributed by atoms with Crippen LogP contribution in [-0.4, -0.2) is 39.2 Å². The van der Waals surface area contributed by atoms with Crippen LogP contribution >= 0.6 is 0 Å². The molecule has 0 atom stereocenters. The van der Waals surface area contributed by atoms with Crippen molar-refractivity contribution in [2.75, 3.05) is 13.2 Å². The summed E-state index contributed by atoms with van der Waals surface area (Å²) < 4.78 is 1.64. The molecule has 1 rings (SSSR count). The van der Waals surface area contributed by atoms with E-state index >= 15 is 0 Å². The molecule has 0 aromatic carbocycles. The molecule has 0 aliphatic carbocycles. The number of aromatic nitrogens is 3. The first kappa shape index (κ1) is 13.6. The summed E-state index contributed by atoms with van der Waals surface area (Å²) in [6.45, 7) is 1.53. The van der Waals surface area contributed by atoms with Gasteiger partial charge in [-0.2, -0.15) is 0 Å².